The maximum absolute atomic E-state index is 14.2. The highest BCUT2D eigenvalue weighted by Crippen LogP contribution is 2.50. The van der Waals surface area contributed by atoms with Gasteiger partial charge in [0.25, 0.3) is 0 Å². The van der Waals surface area contributed by atoms with Gasteiger partial charge >= 0.3 is 6.09 Å². The van der Waals surface area contributed by atoms with Crippen LogP contribution in [-0.4, -0.2) is 97.4 Å². The van der Waals surface area contributed by atoms with Gasteiger partial charge in [0, 0.05) is 43.3 Å². The predicted molar refractivity (Wildman–Crippen MR) is 142 cm³/mol. The molecule has 0 spiro atoms. The van der Waals surface area contributed by atoms with Crippen LogP contribution in [0, 0.1) is 11.6 Å². The highest BCUT2D eigenvalue weighted by Gasteiger charge is 2.61. The minimum absolute atomic E-state index is 0.00986. The van der Waals surface area contributed by atoms with E-state index in [2.05, 4.69) is 4.90 Å². The molecule has 2 saturated heterocycles. The van der Waals surface area contributed by atoms with Crippen molar-refractivity contribution in [3.63, 3.8) is 0 Å². The van der Waals surface area contributed by atoms with E-state index in [-0.39, 0.29) is 36.3 Å². The molecule has 3 aliphatic rings. The van der Waals surface area contributed by atoms with Crippen molar-refractivity contribution in [2.45, 2.75) is 48.4 Å². The second kappa shape index (κ2) is 11.5. The van der Waals surface area contributed by atoms with Gasteiger partial charge in [-0.25, -0.2) is 22.0 Å². The Morgan fingerprint density at radius 1 is 1.12 bits per heavy atom. The Balaban J connectivity index is 1.46. The Hall–Kier alpha value is -2.35. The molecule has 40 heavy (non-hydrogen) atoms. The lowest BCUT2D eigenvalue weighted by molar-refractivity contribution is -0.0747. The van der Waals surface area contributed by atoms with E-state index < -0.39 is 45.4 Å². The molecule has 2 aromatic rings. The van der Waals surface area contributed by atoms with Gasteiger partial charge in [-0.1, -0.05) is 11.6 Å². The smallest absolute Gasteiger partial charge is 0.410 e. The summed E-state index contributed by atoms with van der Waals surface area (Å²) in [6.45, 7) is 3.66. The average molecular weight is 600 g/mol. The highest BCUT2D eigenvalue weighted by molar-refractivity contribution is 7.89. The van der Waals surface area contributed by atoms with Gasteiger partial charge in [0.05, 0.1) is 36.8 Å². The maximum Gasteiger partial charge on any atom is 0.410 e. The molecule has 5 rings (SSSR count). The van der Waals surface area contributed by atoms with Gasteiger partial charge in [0.2, 0.25) is 10.0 Å². The maximum atomic E-state index is 14.2. The summed E-state index contributed by atoms with van der Waals surface area (Å²) in [5.74, 6) is -1.69. The van der Waals surface area contributed by atoms with Gasteiger partial charge in [0.15, 0.2) is 0 Å². The Labute approximate surface area is 237 Å². The molecule has 0 aromatic heterocycles. The summed E-state index contributed by atoms with van der Waals surface area (Å²) in [5, 5.41) is 9.63. The number of carbonyl (C=O) groups excluding carboxylic acids is 1. The van der Waals surface area contributed by atoms with E-state index in [1.165, 1.54) is 28.6 Å². The van der Waals surface area contributed by atoms with Crippen molar-refractivity contribution in [1.29, 1.82) is 0 Å². The molecule has 1 saturated carbocycles. The zero-order chi connectivity index (χ0) is 28.7. The normalized spacial score (nSPS) is 25.5. The number of ether oxygens (including phenoxy) is 2. The molecule has 2 aliphatic heterocycles. The number of β-amino-alcohol motifs (C(OH)–C–C–N with tert-alkyl or cyclic N) is 1. The summed E-state index contributed by atoms with van der Waals surface area (Å²) >= 11 is 6.00. The molecule has 2 aromatic carbocycles. The number of rotatable bonds is 7. The first-order valence-corrected chi connectivity index (χ1v) is 15.0. The molecule has 1 aliphatic carbocycles. The molecule has 0 radical (unpaired) electrons. The summed E-state index contributed by atoms with van der Waals surface area (Å²) in [5.41, 5.74) is -1.07. The van der Waals surface area contributed by atoms with E-state index in [1.54, 1.807) is 4.90 Å². The fourth-order valence-electron chi connectivity index (χ4n) is 5.60. The topological polar surface area (TPSA) is 99.6 Å². The molecule has 3 atom stereocenters. The number of aliphatic hydroxyl groups excluding tert-OH is 1. The molecule has 1 N–H and O–H groups in total. The van der Waals surface area contributed by atoms with Crippen molar-refractivity contribution < 1.29 is 36.6 Å². The third kappa shape index (κ3) is 5.83. The van der Waals surface area contributed by atoms with Gasteiger partial charge in [-0.3, -0.25) is 4.90 Å². The third-order valence-corrected chi connectivity index (χ3v) is 10.1. The number of hydrogen-bond donors (Lipinski definition) is 1. The molecular weight excluding hydrogens is 568 g/mol. The minimum atomic E-state index is -4.26. The van der Waals surface area contributed by atoms with Crippen molar-refractivity contribution in [3.05, 3.63) is 64.7 Å². The number of sulfonamides is 1. The Morgan fingerprint density at radius 3 is 2.40 bits per heavy atom. The number of nitrogens with zero attached hydrogens (tertiary/aromatic N) is 3. The summed E-state index contributed by atoms with van der Waals surface area (Å²) in [6, 6.07) is 6.53. The predicted octanol–water partition coefficient (Wildman–Crippen LogP) is 3.42. The quantitative estimate of drug-likeness (QED) is 0.521. The monoisotopic (exact) mass is 599 g/mol. The third-order valence-electron chi connectivity index (χ3n) is 7.88. The van der Waals surface area contributed by atoms with Crippen LogP contribution < -0.4 is 0 Å². The van der Waals surface area contributed by atoms with Crippen LogP contribution >= 0.6 is 11.6 Å². The largest absolute Gasteiger partial charge is 0.441 e. The van der Waals surface area contributed by atoms with E-state index >= 15 is 0 Å². The Morgan fingerprint density at radius 2 is 1.80 bits per heavy atom. The fraction of sp³-hybridized carbons (Fsp3) is 0.519. The number of halogens is 3. The summed E-state index contributed by atoms with van der Waals surface area (Å²) in [4.78, 5) is 16.9. The van der Waals surface area contributed by atoms with E-state index in [4.69, 9.17) is 21.1 Å². The molecule has 0 unspecified atom stereocenters. The van der Waals surface area contributed by atoms with Crippen LogP contribution in [0.3, 0.4) is 0 Å². The number of morpholine rings is 1. The van der Waals surface area contributed by atoms with Gasteiger partial charge in [-0.15, -0.1) is 0 Å². The summed E-state index contributed by atoms with van der Waals surface area (Å²) < 4.78 is 69.8. The van der Waals surface area contributed by atoms with Crippen LogP contribution in [-0.2, 0) is 19.5 Å². The lowest BCUT2D eigenvalue weighted by Crippen LogP contribution is -2.59. The first-order chi connectivity index (χ1) is 19.0. The Kier molecular flexibility index (Phi) is 8.38. The molecule has 218 valence electrons. The SMILES string of the molecule is C[C@@H]1CN(C(=O)OC2([C@H]3COC[C@@H](c4cc(F)cc(F)c4)N3S(=O)(=O)c3ccc(Cl)cc3)CC2)CCN1CCO. The molecule has 13 heteroatoms. The van der Waals surface area contributed by atoms with Crippen molar-refractivity contribution in [3.8, 4) is 0 Å². The molecular formula is C27H32ClF2N3O6S. The summed E-state index contributed by atoms with van der Waals surface area (Å²) in [7, 11) is -4.26. The van der Waals surface area contributed by atoms with E-state index in [9.17, 15) is 27.1 Å². The van der Waals surface area contributed by atoms with Crippen molar-refractivity contribution in [1.82, 2.24) is 14.1 Å². The molecule has 0 bridgehead atoms. The molecule has 9 nitrogen and oxygen atoms in total. The van der Waals surface area contributed by atoms with Crippen molar-refractivity contribution in [2.75, 3.05) is 46.0 Å². The first-order valence-electron chi connectivity index (χ1n) is 13.2. The van der Waals surface area contributed by atoms with E-state index in [1.807, 2.05) is 6.92 Å². The number of piperazine rings is 1. The number of aliphatic hydroxyl groups is 1. The summed E-state index contributed by atoms with van der Waals surface area (Å²) in [6.07, 6.45) is 0.253. The number of amides is 1. The second-order valence-corrected chi connectivity index (χ2v) is 12.8. The molecule has 3 fully saturated rings. The van der Waals surface area contributed by atoms with Crippen molar-refractivity contribution >= 4 is 27.7 Å². The van der Waals surface area contributed by atoms with Crippen LogP contribution in [0.4, 0.5) is 13.6 Å². The standard InChI is InChI=1S/C27H32ClF2N3O6S/c1-18-15-32(9-8-31(18)10-11-34)26(35)39-27(6-7-27)25-17-38-16-24(19-12-21(29)14-22(30)13-19)33(25)40(36,37)23-4-2-20(28)3-5-23/h2-5,12-14,18,24-25,34H,6-11,15-17H2,1H3/t18-,24+,25-/m1/s1. The van der Waals surface area contributed by atoms with Crippen LogP contribution in [0.5, 0.6) is 0 Å². The van der Waals surface area contributed by atoms with Crippen molar-refractivity contribution in [2.24, 2.45) is 0 Å². The van der Waals surface area contributed by atoms with E-state index in [0.717, 1.165) is 12.1 Å². The van der Waals surface area contributed by atoms with Gasteiger partial charge in [0.1, 0.15) is 17.2 Å². The van der Waals surface area contributed by atoms with Crippen LogP contribution in [0.15, 0.2) is 47.4 Å². The van der Waals surface area contributed by atoms with Gasteiger partial charge < -0.3 is 19.5 Å². The molecule has 2 heterocycles. The van der Waals surface area contributed by atoms with Crippen LogP contribution in [0.1, 0.15) is 31.4 Å². The average Bonchev–Trinajstić information content (AvgIpc) is 3.69. The highest BCUT2D eigenvalue weighted by atomic mass is 35.5. The lowest BCUT2D eigenvalue weighted by atomic mass is 10.0. The second-order valence-electron chi connectivity index (χ2n) is 10.5. The first kappa shape index (κ1) is 29.2. The zero-order valence-corrected chi connectivity index (χ0v) is 23.6. The number of carbonyl (C=O) groups is 1. The lowest BCUT2D eigenvalue weighted by Gasteiger charge is -2.45. The molecule has 1 amide bonds. The van der Waals surface area contributed by atoms with E-state index in [0.29, 0.717) is 50.1 Å². The number of benzene rings is 2. The zero-order valence-electron chi connectivity index (χ0n) is 22.0. The number of hydrogen-bond acceptors (Lipinski definition) is 7. The minimum Gasteiger partial charge on any atom is -0.441 e. The Bertz CT molecular complexity index is 1320. The van der Waals surface area contributed by atoms with Gasteiger partial charge in [-0.2, -0.15) is 4.31 Å². The van der Waals surface area contributed by atoms with Gasteiger partial charge in [-0.05, 0) is 61.7 Å². The van der Waals surface area contributed by atoms with Crippen LogP contribution in [0.25, 0.3) is 0 Å². The fourth-order valence-corrected chi connectivity index (χ4v) is 7.55. The van der Waals surface area contributed by atoms with Crippen LogP contribution in [0.2, 0.25) is 5.02 Å².